The molecule has 0 aromatic heterocycles. The molecule has 0 radical (unpaired) electrons. The van der Waals surface area contributed by atoms with E-state index in [1.54, 1.807) is 30.3 Å². The quantitative estimate of drug-likeness (QED) is 0.346. The van der Waals surface area contributed by atoms with Crippen molar-refractivity contribution >= 4 is 57.2 Å². The molecule has 3 rings (SSSR count). The van der Waals surface area contributed by atoms with Crippen LogP contribution < -0.4 is 26.2 Å². The molecular formula is C21H19ClN4O3S. The number of carbonyl (C=O) groups excluding carboxylic acids is 2. The summed E-state index contributed by atoms with van der Waals surface area (Å²) in [5.41, 5.74) is 5.65. The highest BCUT2D eigenvalue weighted by Gasteiger charge is 2.07. The summed E-state index contributed by atoms with van der Waals surface area (Å²) in [6, 6.07) is 20.3. The summed E-state index contributed by atoms with van der Waals surface area (Å²) in [4.78, 5) is 23.7. The molecule has 154 valence electrons. The third-order valence-corrected chi connectivity index (χ3v) is 4.41. The number of rotatable bonds is 6. The Kier molecular flexibility index (Phi) is 7.42. The second-order valence-corrected chi connectivity index (χ2v) is 7.05. The van der Waals surface area contributed by atoms with Crippen LogP contribution in [0, 0.1) is 0 Å². The van der Waals surface area contributed by atoms with E-state index in [2.05, 4.69) is 21.5 Å². The Morgan fingerprint density at radius 2 is 1.63 bits per heavy atom. The lowest BCUT2D eigenvalue weighted by molar-refractivity contribution is -0.127. The average Bonchev–Trinajstić information content (AvgIpc) is 2.76. The van der Waals surface area contributed by atoms with Crippen LogP contribution in [-0.2, 0) is 9.59 Å². The van der Waals surface area contributed by atoms with Crippen LogP contribution in [0.2, 0.25) is 5.02 Å². The number of fused-ring (bicyclic) bond motifs is 1. The SMILES string of the molecule is O=C(COc1ccc2ccccc2c1)NCC(=O)NNC(=S)Nc1ccc(Cl)cc1. The topological polar surface area (TPSA) is 91.5 Å². The fraction of sp³-hybridized carbons (Fsp3) is 0.0952. The standard InChI is InChI=1S/C21H19ClN4O3S/c22-16-6-8-17(9-7-16)24-21(30)26-25-19(27)12-23-20(28)13-29-18-10-5-14-3-1-2-4-15(14)11-18/h1-11H,12-13H2,(H,23,28)(H,25,27)(H2,24,26,30). The molecule has 0 aliphatic heterocycles. The van der Waals surface area contributed by atoms with Crippen molar-refractivity contribution in [1.29, 1.82) is 0 Å². The predicted molar refractivity (Wildman–Crippen MR) is 121 cm³/mol. The lowest BCUT2D eigenvalue weighted by Gasteiger charge is -2.12. The van der Waals surface area contributed by atoms with E-state index >= 15 is 0 Å². The van der Waals surface area contributed by atoms with Gasteiger partial charge in [-0.2, -0.15) is 0 Å². The Morgan fingerprint density at radius 3 is 2.40 bits per heavy atom. The van der Waals surface area contributed by atoms with Crippen molar-refractivity contribution in [2.45, 2.75) is 0 Å². The number of ether oxygens (including phenoxy) is 1. The van der Waals surface area contributed by atoms with Crippen LogP contribution in [0.4, 0.5) is 5.69 Å². The van der Waals surface area contributed by atoms with Crippen molar-refractivity contribution in [3.05, 3.63) is 71.8 Å². The fourth-order valence-corrected chi connectivity index (χ4v) is 2.80. The van der Waals surface area contributed by atoms with Gasteiger partial charge in [0.1, 0.15) is 5.75 Å². The molecule has 0 heterocycles. The second-order valence-electron chi connectivity index (χ2n) is 6.21. The van der Waals surface area contributed by atoms with Crippen LogP contribution in [0.15, 0.2) is 66.7 Å². The lowest BCUT2D eigenvalue weighted by Crippen LogP contribution is -2.48. The van der Waals surface area contributed by atoms with Crippen LogP contribution in [0.1, 0.15) is 0 Å². The maximum Gasteiger partial charge on any atom is 0.258 e. The van der Waals surface area contributed by atoms with Gasteiger partial charge in [-0.15, -0.1) is 0 Å². The molecule has 2 amide bonds. The van der Waals surface area contributed by atoms with E-state index in [0.29, 0.717) is 16.5 Å². The van der Waals surface area contributed by atoms with Gasteiger partial charge in [0.05, 0.1) is 6.54 Å². The first kappa shape index (κ1) is 21.4. The summed E-state index contributed by atoms with van der Waals surface area (Å²) in [7, 11) is 0. The Bertz CT molecular complexity index is 1060. The number of thiocarbonyl (C=S) groups is 1. The normalized spacial score (nSPS) is 10.2. The molecule has 0 aliphatic carbocycles. The zero-order chi connectivity index (χ0) is 21.3. The summed E-state index contributed by atoms with van der Waals surface area (Å²) in [5.74, 6) is -0.303. The van der Waals surface area contributed by atoms with Crippen LogP contribution in [-0.4, -0.2) is 30.1 Å². The molecule has 0 saturated carbocycles. The summed E-state index contributed by atoms with van der Waals surface area (Å²) < 4.78 is 5.48. The van der Waals surface area contributed by atoms with Gasteiger partial charge in [0, 0.05) is 10.7 Å². The third-order valence-electron chi connectivity index (χ3n) is 3.95. The highest BCUT2D eigenvalue weighted by molar-refractivity contribution is 7.80. The van der Waals surface area contributed by atoms with E-state index in [-0.39, 0.29) is 18.3 Å². The van der Waals surface area contributed by atoms with Crippen LogP contribution in [0.25, 0.3) is 10.8 Å². The highest BCUT2D eigenvalue weighted by atomic mass is 35.5. The molecule has 0 spiro atoms. The molecule has 9 heteroatoms. The number of hydrazine groups is 1. The van der Waals surface area contributed by atoms with Gasteiger partial charge in [-0.3, -0.25) is 20.4 Å². The first-order chi connectivity index (χ1) is 14.5. The minimum absolute atomic E-state index is 0.191. The van der Waals surface area contributed by atoms with Crippen LogP contribution in [0.3, 0.4) is 0 Å². The van der Waals surface area contributed by atoms with E-state index in [9.17, 15) is 9.59 Å². The summed E-state index contributed by atoms with van der Waals surface area (Å²) >= 11 is 10.9. The molecule has 0 atom stereocenters. The van der Waals surface area contributed by atoms with E-state index < -0.39 is 11.8 Å². The maximum atomic E-state index is 11.9. The monoisotopic (exact) mass is 442 g/mol. The van der Waals surface area contributed by atoms with Crippen LogP contribution >= 0.6 is 23.8 Å². The van der Waals surface area contributed by atoms with Gasteiger partial charge in [0.25, 0.3) is 11.8 Å². The maximum absolute atomic E-state index is 11.9. The molecule has 7 nitrogen and oxygen atoms in total. The van der Waals surface area contributed by atoms with Gasteiger partial charge in [-0.05, 0) is 59.4 Å². The average molecular weight is 443 g/mol. The van der Waals surface area contributed by atoms with Gasteiger partial charge in [-0.1, -0.05) is 41.9 Å². The molecular weight excluding hydrogens is 424 g/mol. The molecule has 0 fully saturated rings. The number of nitrogens with one attached hydrogen (secondary N) is 4. The molecule has 0 bridgehead atoms. The van der Waals surface area contributed by atoms with E-state index in [4.69, 9.17) is 28.6 Å². The van der Waals surface area contributed by atoms with Crippen molar-refractivity contribution in [3.63, 3.8) is 0 Å². The number of halogens is 1. The number of benzene rings is 3. The van der Waals surface area contributed by atoms with Gasteiger partial charge in [0.2, 0.25) is 0 Å². The first-order valence-corrected chi connectivity index (χ1v) is 9.78. The minimum Gasteiger partial charge on any atom is -0.484 e. The third kappa shape index (κ3) is 6.61. The molecule has 4 N–H and O–H groups in total. The van der Waals surface area contributed by atoms with E-state index in [1.165, 1.54) is 0 Å². The summed E-state index contributed by atoms with van der Waals surface area (Å²) in [5, 5.41) is 8.25. The first-order valence-electron chi connectivity index (χ1n) is 8.99. The molecule has 3 aromatic carbocycles. The van der Waals surface area contributed by atoms with Gasteiger partial charge in [-0.25, -0.2) is 0 Å². The molecule has 0 aliphatic rings. The van der Waals surface area contributed by atoms with Gasteiger partial charge < -0.3 is 15.4 Å². The van der Waals surface area contributed by atoms with Crippen LogP contribution in [0.5, 0.6) is 5.75 Å². The predicted octanol–water partition coefficient (Wildman–Crippen LogP) is 3.01. The van der Waals surface area contributed by atoms with Crippen molar-refractivity contribution in [2.75, 3.05) is 18.5 Å². The number of hydrogen-bond donors (Lipinski definition) is 4. The zero-order valence-corrected chi connectivity index (χ0v) is 17.3. The van der Waals surface area contributed by atoms with Crippen molar-refractivity contribution in [2.24, 2.45) is 0 Å². The van der Waals surface area contributed by atoms with Crippen molar-refractivity contribution < 1.29 is 14.3 Å². The molecule has 0 unspecified atom stereocenters. The lowest BCUT2D eigenvalue weighted by atomic mass is 10.1. The fourth-order valence-electron chi connectivity index (χ4n) is 2.50. The van der Waals surface area contributed by atoms with E-state index in [1.807, 2.05) is 36.4 Å². The van der Waals surface area contributed by atoms with Crippen molar-refractivity contribution in [1.82, 2.24) is 16.2 Å². The Balaban J connectivity index is 1.35. The van der Waals surface area contributed by atoms with Gasteiger partial charge >= 0.3 is 0 Å². The molecule has 30 heavy (non-hydrogen) atoms. The highest BCUT2D eigenvalue weighted by Crippen LogP contribution is 2.20. The number of carbonyl (C=O) groups is 2. The molecule has 0 saturated heterocycles. The number of anilines is 1. The summed E-state index contributed by atoms with van der Waals surface area (Å²) in [6.45, 7) is -0.425. The van der Waals surface area contributed by atoms with E-state index in [0.717, 1.165) is 10.8 Å². The molecule has 3 aromatic rings. The zero-order valence-electron chi connectivity index (χ0n) is 15.8. The van der Waals surface area contributed by atoms with Gasteiger partial charge in [0.15, 0.2) is 11.7 Å². The number of hydrogen-bond acceptors (Lipinski definition) is 4. The minimum atomic E-state index is -0.464. The van der Waals surface area contributed by atoms with Crippen molar-refractivity contribution in [3.8, 4) is 5.75 Å². The largest absolute Gasteiger partial charge is 0.484 e. The second kappa shape index (κ2) is 10.4. The smallest absolute Gasteiger partial charge is 0.258 e. The number of amides is 2. The summed E-state index contributed by atoms with van der Waals surface area (Å²) in [6.07, 6.45) is 0. The Morgan fingerprint density at radius 1 is 0.900 bits per heavy atom. The Labute approximate surface area is 183 Å². The Hall–Kier alpha value is -3.36.